The van der Waals surface area contributed by atoms with Crippen molar-refractivity contribution in [3.8, 4) is 0 Å². The highest BCUT2D eigenvalue weighted by Crippen LogP contribution is 2.42. The molecule has 0 bridgehead atoms. The fourth-order valence-electron chi connectivity index (χ4n) is 2.88. The van der Waals surface area contributed by atoms with Gasteiger partial charge in [-0.1, -0.05) is 26.0 Å². The van der Waals surface area contributed by atoms with E-state index in [1.54, 1.807) is 0 Å². The largest absolute Gasteiger partial charge is 0.379 e. The zero-order valence-corrected chi connectivity index (χ0v) is 10.3. The number of hydrogen-bond donors (Lipinski definition) is 0. The molecule has 2 unspecified atom stereocenters. The zero-order valence-electron chi connectivity index (χ0n) is 9.58. The van der Waals surface area contributed by atoms with E-state index in [0.717, 1.165) is 19.8 Å². The first-order chi connectivity index (χ1) is 7.15. The van der Waals surface area contributed by atoms with Crippen LogP contribution in [-0.2, 0) is 4.74 Å². The number of likely N-dealkylation sites (tertiary alicyclic amines) is 1. The number of halogens is 1. The first-order valence-corrected chi connectivity index (χ1v) is 6.21. The van der Waals surface area contributed by atoms with Crippen LogP contribution in [0.4, 0.5) is 0 Å². The minimum Gasteiger partial charge on any atom is -0.379 e. The van der Waals surface area contributed by atoms with Crippen LogP contribution in [0, 0.1) is 11.3 Å². The van der Waals surface area contributed by atoms with Crippen LogP contribution in [-0.4, -0.2) is 43.1 Å². The predicted molar refractivity (Wildman–Crippen MR) is 63.3 cm³/mol. The second-order valence-corrected chi connectivity index (χ2v) is 5.56. The standard InChI is InChI=1S/C12H20ClNO/c1-12(2)9-14(6-4-3-5-13)11-8-15-7-10(11)12/h3-4,10-11H,5-9H2,1-2H3/b4-3+. The van der Waals surface area contributed by atoms with Gasteiger partial charge in [0, 0.05) is 30.9 Å². The van der Waals surface area contributed by atoms with Crippen molar-refractivity contribution in [3.63, 3.8) is 0 Å². The van der Waals surface area contributed by atoms with Crippen molar-refractivity contribution in [1.29, 1.82) is 0 Å². The Morgan fingerprint density at radius 2 is 2.20 bits per heavy atom. The van der Waals surface area contributed by atoms with Gasteiger partial charge in [0.1, 0.15) is 0 Å². The van der Waals surface area contributed by atoms with Crippen LogP contribution < -0.4 is 0 Å². The fourth-order valence-corrected chi connectivity index (χ4v) is 3.01. The molecule has 0 aromatic carbocycles. The number of rotatable bonds is 3. The number of allylic oxidation sites excluding steroid dienone is 1. The lowest BCUT2D eigenvalue weighted by molar-refractivity contribution is 0.124. The van der Waals surface area contributed by atoms with E-state index in [1.807, 2.05) is 6.08 Å². The molecule has 0 N–H and O–H groups in total. The Hall–Kier alpha value is -0.0500. The molecule has 15 heavy (non-hydrogen) atoms. The molecule has 0 spiro atoms. The van der Waals surface area contributed by atoms with Gasteiger partial charge < -0.3 is 4.74 Å². The average Bonchev–Trinajstić information content (AvgIpc) is 2.71. The molecule has 2 rings (SSSR count). The first kappa shape index (κ1) is 11.4. The molecule has 0 saturated carbocycles. The Kier molecular flexibility index (Phi) is 3.39. The number of alkyl halides is 1. The van der Waals surface area contributed by atoms with E-state index in [-0.39, 0.29) is 0 Å². The quantitative estimate of drug-likeness (QED) is 0.543. The summed E-state index contributed by atoms with van der Waals surface area (Å²) in [6.07, 6.45) is 4.20. The van der Waals surface area contributed by atoms with Crippen LogP contribution in [0.15, 0.2) is 12.2 Å². The summed E-state index contributed by atoms with van der Waals surface area (Å²) in [4.78, 5) is 2.53. The average molecular weight is 230 g/mol. The van der Waals surface area contributed by atoms with Gasteiger partial charge in [-0.3, -0.25) is 4.90 Å². The maximum atomic E-state index is 5.62. The molecule has 2 fully saturated rings. The van der Waals surface area contributed by atoms with Gasteiger partial charge in [-0.2, -0.15) is 0 Å². The molecule has 3 heteroatoms. The van der Waals surface area contributed by atoms with Crippen molar-refractivity contribution < 1.29 is 4.74 Å². The maximum absolute atomic E-state index is 5.62. The molecular formula is C12H20ClNO. The van der Waals surface area contributed by atoms with Crippen LogP contribution in [0.3, 0.4) is 0 Å². The number of fused-ring (bicyclic) bond motifs is 1. The Morgan fingerprint density at radius 3 is 2.93 bits per heavy atom. The summed E-state index contributed by atoms with van der Waals surface area (Å²) in [5.74, 6) is 1.32. The highest BCUT2D eigenvalue weighted by atomic mass is 35.5. The van der Waals surface area contributed by atoms with Gasteiger partial charge in [0.2, 0.25) is 0 Å². The van der Waals surface area contributed by atoms with Crippen LogP contribution >= 0.6 is 11.6 Å². The second-order valence-electron chi connectivity index (χ2n) is 5.26. The summed E-state index contributed by atoms with van der Waals surface area (Å²) in [5, 5.41) is 0. The van der Waals surface area contributed by atoms with Gasteiger partial charge in [0.15, 0.2) is 0 Å². The molecule has 0 aromatic heterocycles. The van der Waals surface area contributed by atoms with E-state index in [0.29, 0.717) is 23.3 Å². The lowest BCUT2D eigenvalue weighted by Gasteiger charge is -2.23. The molecule has 0 aromatic rings. The number of nitrogens with zero attached hydrogens (tertiary/aromatic N) is 1. The SMILES string of the molecule is CC1(C)CN(C/C=C/CCl)C2COCC21. The summed E-state index contributed by atoms with van der Waals surface area (Å²) < 4.78 is 5.59. The van der Waals surface area contributed by atoms with Crippen molar-refractivity contribution in [1.82, 2.24) is 4.90 Å². The van der Waals surface area contributed by atoms with E-state index in [1.165, 1.54) is 6.54 Å². The summed E-state index contributed by atoms with van der Waals surface area (Å²) in [6.45, 7) is 8.74. The third-order valence-corrected chi connectivity index (χ3v) is 3.91. The summed E-state index contributed by atoms with van der Waals surface area (Å²) >= 11 is 5.62. The summed E-state index contributed by atoms with van der Waals surface area (Å²) in [6, 6.07) is 0.625. The third kappa shape index (κ3) is 2.22. The first-order valence-electron chi connectivity index (χ1n) is 5.68. The molecule has 2 saturated heterocycles. The molecule has 2 nitrogen and oxygen atoms in total. The fraction of sp³-hybridized carbons (Fsp3) is 0.833. The molecule has 0 amide bonds. The van der Waals surface area contributed by atoms with Crippen LogP contribution in [0.25, 0.3) is 0 Å². The number of ether oxygens (including phenoxy) is 1. The molecule has 0 radical (unpaired) electrons. The van der Waals surface area contributed by atoms with E-state index in [4.69, 9.17) is 16.3 Å². The third-order valence-electron chi connectivity index (χ3n) is 3.73. The minimum atomic E-state index is 0.399. The van der Waals surface area contributed by atoms with Crippen LogP contribution in [0.2, 0.25) is 0 Å². The molecule has 2 aliphatic heterocycles. The molecular weight excluding hydrogens is 210 g/mol. The minimum absolute atomic E-state index is 0.399. The van der Waals surface area contributed by atoms with E-state index >= 15 is 0 Å². The summed E-state index contributed by atoms with van der Waals surface area (Å²) in [7, 11) is 0. The van der Waals surface area contributed by atoms with Crippen LogP contribution in [0.1, 0.15) is 13.8 Å². The highest BCUT2D eigenvalue weighted by molar-refractivity contribution is 6.18. The van der Waals surface area contributed by atoms with Crippen molar-refractivity contribution in [2.75, 3.05) is 32.2 Å². The van der Waals surface area contributed by atoms with Gasteiger partial charge in [0.05, 0.1) is 13.2 Å². The predicted octanol–water partition coefficient (Wildman–Crippen LogP) is 2.14. The molecule has 0 aliphatic carbocycles. The molecule has 2 heterocycles. The Bertz CT molecular complexity index is 252. The van der Waals surface area contributed by atoms with E-state index < -0.39 is 0 Å². The van der Waals surface area contributed by atoms with Crippen molar-refractivity contribution >= 4 is 11.6 Å². The lowest BCUT2D eigenvalue weighted by Crippen LogP contribution is -2.32. The van der Waals surface area contributed by atoms with Crippen molar-refractivity contribution in [2.24, 2.45) is 11.3 Å². The van der Waals surface area contributed by atoms with Gasteiger partial charge in [-0.05, 0) is 5.41 Å². The molecule has 86 valence electrons. The Balaban J connectivity index is 1.99. The zero-order chi connectivity index (χ0) is 10.9. The molecule has 2 aliphatic rings. The van der Waals surface area contributed by atoms with Crippen LogP contribution in [0.5, 0.6) is 0 Å². The lowest BCUT2D eigenvalue weighted by atomic mass is 9.80. The normalized spacial score (nSPS) is 35.1. The Labute approximate surface area is 97.2 Å². The number of hydrogen-bond acceptors (Lipinski definition) is 2. The van der Waals surface area contributed by atoms with Gasteiger partial charge >= 0.3 is 0 Å². The van der Waals surface area contributed by atoms with Gasteiger partial charge in [0.25, 0.3) is 0 Å². The molecule has 2 atom stereocenters. The van der Waals surface area contributed by atoms with Gasteiger partial charge in [-0.25, -0.2) is 0 Å². The smallest absolute Gasteiger partial charge is 0.0625 e. The van der Waals surface area contributed by atoms with E-state index in [2.05, 4.69) is 24.8 Å². The summed E-state index contributed by atoms with van der Waals surface area (Å²) in [5.41, 5.74) is 0.399. The van der Waals surface area contributed by atoms with Gasteiger partial charge in [-0.15, -0.1) is 11.6 Å². The maximum Gasteiger partial charge on any atom is 0.0625 e. The Morgan fingerprint density at radius 1 is 1.40 bits per heavy atom. The van der Waals surface area contributed by atoms with Crippen molar-refractivity contribution in [3.05, 3.63) is 12.2 Å². The van der Waals surface area contributed by atoms with Crippen molar-refractivity contribution in [2.45, 2.75) is 19.9 Å². The topological polar surface area (TPSA) is 12.5 Å². The highest BCUT2D eigenvalue weighted by Gasteiger charge is 2.49. The van der Waals surface area contributed by atoms with E-state index in [9.17, 15) is 0 Å². The monoisotopic (exact) mass is 229 g/mol. The second kappa shape index (κ2) is 4.44.